The highest BCUT2D eigenvalue weighted by Gasteiger charge is 2.17. The molecule has 0 bridgehead atoms. The summed E-state index contributed by atoms with van der Waals surface area (Å²) >= 11 is 0. The molecule has 0 aromatic carbocycles. The van der Waals surface area contributed by atoms with Crippen LogP contribution in [0.1, 0.15) is 19.3 Å². The molecule has 0 spiro atoms. The maximum Gasteiger partial charge on any atom is 0.000709 e. The van der Waals surface area contributed by atoms with Gasteiger partial charge < -0.3 is 10.6 Å². The van der Waals surface area contributed by atoms with Crippen LogP contribution in [0.25, 0.3) is 0 Å². The third-order valence-electron chi connectivity index (χ3n) is 2.31. The average molecular weight is 142 g/mol. The minimum Gasteiger partial charge on any atom is -0.330 e. The van der Waals surface area contributed by atoms with Gasteiger partial charge in [0, 0.05) is 6.54 Å². The molecule has 1 rings (SSSR count). The van der Waals surface area contributed by atoms with E-state index in [1.165, 1.54) is 32.4 Å². The SMILES string of the molecule is CN1CCC(CCCN)C1. The predicted octanol–water partition coefficient (Wildman–Crippen LogP) is 0.677. The molecular weight excluding hydrogens is 124 g/mol. The molecule has 60 valence electrons. The molecule has 1 aliphatic heterocycles. The summed E-state index contributed by atoms with van der Waals surface area (Å²) in [6, 6.07) is 0. The molecule has 1 saturated heterocycles. The minimum atomic E-state index is 0.861. The van der Waals surface area contributed by atoms with E-state index in [9.17, 15) is 0 Å². The largest absolute Gasteiger partial charge is 0.330 e. The van der Waals surface area contributed by atoms with Gasteiger partial charge in [-0.1, -0.05) is 0 Å². The Balaban J connectivity index is 2.06. The van der Waals surface area contributed by atoms with Crippen molar-refractivity contribution in [3.05, 3.63) is 0 Å². The Morgan fingerprint density at radius 2 is 2.40 bits per heavy atom. The van der Waals surface area contributed by atoms with Crippen LogP contribution in [0, 0.1) is 5.92 Å². The molecule has 2 nitrogen and oxygen atoms in total. The molecule has 1 aliphatic rings. The summed E-state index contributed by atoms with van der Waals surface area (Å²) in [5, 5.41) is 0. The van der Waals surface area contributed by atoms with Gasteiger partial charge in [-0.25, -0.2) is 0 Å². The van der Waals surface area contributed by atoms with Crippen LogP contribution in [-0.4, -0.2) is 31.6 Å². The van der Waals surface area contributed by atoms with Crippen LogP contribution in [0.3, 0.4) is 0 Å². The van der Waals surface area contributed by atoms with Gasteiger partial charge >= 0.3 is 0 Å². The highest BCUT2D eigenvalue weighted by atomic mass is 15.1. The van der Waals surface area contributed by atoms with Crippen molar-refractivity contribution >= 4 is 0 Å². The minimum absolute atomic E-state index is 0.861. The van der Waals surface area contributed by atoms with E-state index in [0.29, 0.717) is 0 Å². The van der Waals surface area contributed by atoms with Crippen LogP contribution in [-0.2, 0) is 0 Å². The summed E-state index contributed by atoms with van der Waals surface area (Å²) in [5.41, 5.74) is 5.43. The van der Waals surface area contributed by atoms with E-state index < -0.39 is 0 Å². The van der Waals surface area contributed by atoms with Crippen molar-refractivity contribution in [2.24, 2.45) is 11.7 Å². The maximum atomic E-state index is 5.43. The zero-order valence-corrected chi connectivity index (χ0v) is 6.84. The first-order chi connectivity index (χ1) is 4.83. The third-order valence-corrected chi connectivity index (χ3v) is 2.31. The van der Waals surface area contributed by atoms with Gasteiger partial charge in [0.1, 0.15) is 0 Å². The molecule has 0 aromatic heterocycles. The number of nitrogens with two attached hydrogens (primary N) is 1. The van der Waals surface area contributed by atoms with E-state index in [1.807, 2.05) is 0 Å². The number of nitrogens with zero attached hydrogens (tertiary/aromatic N) is 1. The normalized spacial score (nSPS) is 27.6. The molecule has 2 N–H and O–H groups in total. The molecule has 2 heteroatoms. The highest BCUT2D eigenvalue weighted by molar-refractivity contribution is 4.72. The number of likely N-dealkylation sites (tertiary alicyclic amines) is 1. The van der Waals surface area contributed by atoms with Crippen LogP contribution in [0.15, 0.2) is 0 Å². The molecule has 1 atom stereocenters. The summed E-state index contributed by atoms with van der Waals surface area (Å²) in [5.74, 6) is 0.938. The quantitative estimate of drug-likeness (QED) is 0.628. The number of hydrogen-bond acceptors (Lipinski definition) is 2. The monoisotopic (exact) mass is 142 g/mol. The summed E-state index contributed by atoms with van der Waals surface area (Å²) in [6.07, 6.45) is 3.93. The van der Waals surface area contributed by atoms with Crippen LogP contribution in [0.4, 0.5) is 0 Å². The Labute approximate surface area is 63.4 Å². The highest BCUT2D eigenvalue weighted by Crippen LogP contribution is 2.18. The predicted molar refractivity (Wildman–Crippen MR) is 43.9 cm³/mol. The second-order valence-corrected chi connectivity index (χ2v) is 3.35. The molecule has 0 radical (unpaired) electrons. The Kier molecular flexibility index (Phi) is 3.16. The molecule has 10 heavy (non-hydrogen) atoms. The van der Waals surface area contributed by atoms with Gasteiger partial charge in [0.25, 0.3) is 0 Å². The lowest BCUT2D eigenvalue weighted by molar-refractivity contribution is 0.385. The van der Waals surface area contributed by atoms with E-state index in [1.54, 1.807) is 0 Å². The van der Waals surface area contributed by atoms with Gasteiger partial charge in [-0.3, -0.25) is 0 Å². The smallest absolute Gasteiger partial charge is 0.000709 e. The summed E-state index contributed by atoms with van der Waals surface area (Å²) in [7, 11) is 2.20. The molecule has 0 amide bonds. The Morgan fingerprint density at radius 3 is 2.90 bits per heavy atom. The lowest BCUT2D eigenvalue weighted by atomic mass is 10.0. The fourth-order valence-electron chi connectivity index (χ4n) is 1.67. The van der Waals surface area contributed by atoms with Crippen LogP contribution in [0.5, 0.6) is 0 Å². The van der Waals surface area contributed by atoms with Crippen molar-refractivity contribution in [1.29, 1.82) is 0 Å². The van der Waals surface area contributed by atoms with E-state index in [2.05, 4.69) is 11.9 Å². The lowest BCUT2D eigenvalue weighted by Gasteiger charge is -2.08. The topological polar surface area (TPSA) is 29.3 Å². The van der Waals surface area contributed by atoms with Gasteiger partial charge in [-0.05, 0) is 45.3 Å². The fraction of sp³-hybridized carbons (Fsp3) is 1.00. The zero-order valence-electron chi connectivity index (χ0n) is 6.84. The number of hydrogen-bond donors (Lipinski definition) is 1. The molecule has 1 unspecified atom stereocenters. The van der Waals surface area contributed by atoms with Gasteiger partial charge in [0.15, 0.2) is 0 Å². The summed E-state index contributed by atoms with van der Waals surface area (Å²) in [4.78, 5) is 2.40. The van der Waals surface area contributed by atoms with Crippen LogP contribution < -0.4 is 5.73 Å². The lowest BCUT2D eigenvalue weighted by Crippen LogP contribution is -2.14. The average Bonchev–Trinajstić information content (AvgIpc) is 2.31. The van der Waals surface area contributed by atoms with Crippen LogP contribution >= 0.6 is 0 Å². The van der Waals surface area contributed by atoms with Crippen LogP contribution in [0.2, 0.25) is 0 Å². The van der Waals surface area contributed by atoms with Gasteiger partial charge in [0.2, 0.25) is 0 Å². The Hall–Kier alpha value is -0.0800. The molecular formula is C8H18N2. The molecule has 0 aliphatic carbocycles. The first-order valence-electron chi connectivity index (χ1n) is 4.21. The van der Waals surface area contributed by atoms with E-state index in [0.717, 1.165) is 12.5 Å². The second-order valence-electron chi connectivity index (χ2n) is 3.35. The standard InChI is InChI=1S/C8H18N2/c1-10-6-4-8(7-10)3-2-5-9/h8H,2-7,9H2,1H3. The fourth-order valence-corrected chi connectivity index (χ4v) is 1.67. The molecule has 0 aromatic rings. The van der Waals surface area contributed by atoms with Crippen molar-refractivity contribution in [3.63, 3.8) is 0 Å². The maximum absolute atomic E-state index is 5.43. The summed E-state index contributed by atoms with van der Waals surface area (Å²) < 4.78 is 0. The Morgan fingerprint density at radius 1 is 1.60 bits per heavy atom. The van der Waals surface area contributed by atoms with Gasteiger partial charge in [-0.2, -0.15) is 0 Å². The van der Waals surface area contributed by atoms with E-state index in [4.69, 9.17) is 5.73 Å². The van der Waals surface area contributed by atoms with Crippen molar-refractivity contribution in [2.75, 3.05) is 26.7 Å². The van der Waals surface area contributed by atoms with Gasteiger partial charge in [0.05, 0.1) is 0 Å². The molecule has 1 heterocycles. The number of rotatable bonds is 3. The summed E-state index contributed by atoms with van der Waals surface area (Å²) in [6.45, 7) is 3.44. The first kappa shape index (κ1) is 8.02. The first-order valence-corrected chi connectivity index (χ1v) is 4.21. The third kappa shape index (κ3) is 2.27. The van der Waals surface area contributed by atoms with Crippen molar-refractivity contribution < 1.29 is 0 Å². The molecule has 1 fully saturated rings. The van der Waals surface area contributed by atoms with Crippen molar-refractivity contribution in [1.82, 2.24) is 4.90 Å². The van der Waals surface area contributed by atoms with E-state index >= 15 is 0 Å². The second kappa shape index (κ2) is 3.94. The van der Waals surface area contributed by atoms with Crippen molar-refractivity contribution in [3.8, 4) is 0 Å². The Bertz CT molecular complexity index is 93.3. The van der Waals surface area contributed by atoms with Gasteiger partial charge in [-0.15, -0.1) is 0 Å². The van der Waals surface area contributed by atoms with E-state index in [-0.39, 0.29) is 0 Å². The zero-order chi connectivity index (χ0) is 7.40. The van der Waals surface area contributed by atoms with Crippen molar-refractivity contribution in [2.45, 2.75) is 19.3 Å². The molecule has 0 saturated carbocycles.